The average Bonchev–Trinajstić information content (AvgIpc) is 2.67. The number of fused-ring (bicyclic) bond motifs is 1. The summed E-state index contributed by atoms with van der Waals surface area (Å²) in [5.74, 6) is 0.578. The minimum absolute atomic E-state index is 0.111. The van der Waals surface area contributed by atoms with Crippen LogP contribution >= 0.6 is 0 Å². The Bertz CT molecular complexity index is 873. The predicted molar refractivity (Wildman–Crippen MR) is 104 cm³/mol. The molecule has 0 unspecified atom stereocenters. The Hall–Kier alpha value is -2.70. The highest BCUT2D eigenvalue weighted by molar-refractivity contribution is 6.09. The van der Waals surface area contributed by atoms with Gasteiger partial charge in [0.15, 0.2) is 0 Å². The molecule has 2 aliphatic rings. The second kappa shape index (κ2) is 7.37. The maximum absolute atomic E-state index is 12.7. The maximum Gasteiger partial charge on any atom is 0.573 e. The van der Waals surface area contributed by atoms with Crippen LogP contribution in [0.1, 0.15) is 37.7 Å². The first kappa shape index (κ1) is 18.7. The van der Waals surface area contributed by atoms with Crippen LogP contribution in [-0.2, 0) is 6.54 Å². The van der Waals surface area contributed by atoms with E-state index >= 15 is 0 Å². The van der Waals surface area contributed by atoms with Gasteiger partial charge in [-0.15, -0.1) is 13.2 Å². The Labute approximate surface area is 161 Å². The lowest BCUT2D eigenvalue weighted by Gasteiger charge is -2.44. The Morgan fingerprint density at radius 2 is 1.61 bits per heavy atom. The van der Waals surface area contributed by atoms with Crippen molar-refractivity contribution < 1.29 is 17.9 Å². The normalized spacial score (nSPS) is 19.6. The van der Waals surface area contributed by atoms with Crippen molar-refractivity contribution in [2.75, 3.05) is 10.6 Å². The van der Waals surface area contributed by atoms with Gasteiger partial charge in [-0.3, -0.25) is 4.99 Å². The molecule has 148 valence electrons. The van der Waals surface area contributed by atoms with Crippen molar-refractivity contribution in [3.8, 4) is 5.75 Å². The molecule has 0 aromatic heterocycles. The van der Waals surface area contributed by atoms with Gasteiger partial charge in [-0.05, 0) is 31.0 Å². The summed E-state index contributed by atoms with van der Waals surface area (Å²) in [4.78, 5) is 4.72. The Kier molecular flexibility index (Phi) is 4.91. The first-order valence-corrected chi connectivity index (χ1v) is 9.48. The van der Waals surface area contributed by atoms with Crippen LogP contribution in [0.3, 0.4) is 0 Å². The first-order chi connectivity index (χ1) is 13.5. The Balaban J connectivity index is 1.64. The molecule has 4 nitrogen and oxygen atoms in total. The lowest BCUT2D eigenvalue weighted by molar-refractivity contribution is -0.274. The van der Waals surface area contributed by atoms with Crippen LogP contribution in [0.2, 0.25) is 0 Å². The van der Waals surface area contributed by atoms with E-state index in [9.17, 15) is 13.2 Å². The monoisotopic (exact) mass is 389 g/mol. The van der Waals surface area contributed by atoms with Gasteiger partial charge in [0.25, 0.3) is 0 Å². The fourth-order valence-corrected chi connectivity index (χ4v) is 4.00. The molecule has 1 heterocycles. The predicted octanol–water partition coefficient (Wildman–Crippen LogP) is 5.72. The standard InChI is InChI=1S/C21H22F3N3O/c22-21(23,24)28-18-11-5-2-8-15(18)14-25-19-20(12-6-1-7-13-20)27-17-10-4-3-9-16(17)26-19/h2-5,8-11,27H,1,6-7,12-14H2,(H,25,26). The van der Waals surface area contributed by atoms with E-state index in [1.54, 1.807) is 12.1 Å². The maximum atomic E-state index is 12.7. The van der Waals surface area contributed by atoms with Crippen molar-refractivity contribution in [3.63, 3.8) is 0 Å². The molecule has 0 bridgehead atoms. The number of alkyl halides is 3. The van der Waals surface area contributed by atoms with Gasteiger partial charge in [-0.2, -0.15) is 0 Å². The molecular formula is C21H22F3N3O. The fourth-order valence-electron chi connectivity index (χ4n) is 4.00. The molecule has 0 atom stereocenters. The summed E-state index contributed by atoms with van der Waals surface area (Å²) >= 11 is 0. The number of amidine groups is 1. The first-order valence-electron chi connectivity index (χ1n) is 9.48. The highest BCUT2D eigenvalue weighted by Crippen LogP contribution is 2.39. The third-order valence-corrected chi connectivity index (χ3v) is 5.32. The number of aliphatic imine (C=N–C) groups is 1. The minimum atomic E-state index is -4.72. The number of nitrogens with one attached hydrogen (secondary N) is 2. The van der Waals surface area contributed by atoms with Gasteiger partial charge in [0.1, 0.15) is 11.6 Å². The zero-order chi connectivity index (χ0) is 19.6. The van der Waals surface area contributed by atoms with Crippen LogP contribution in [0.25, 0.3) is 0 Å². The van der Waals surface area contributed by atoms with E-state index in [0.29, 0.717) is 5.56 Å². The molecule has 0 radical (unpaired) electrons. The van der Waals surface area contributed by atoms with Crippen molar-refractivity contribution in [1.29, 1.82) is 0 Å². The average molecular weight is 389 g/mol. The van der Waals surface area contributed by atoms with Crippen molar-refractivity contribution in [2.45, 2.75) is 50.6 Å². The number of hydrogen-bond acceptors (Lipinski definition) is 3. The van der Waals surface area contributed by atoms with E-state index in [0.717, 1.165) is 42.9 Å². The van der Waals surface area contributed by atoms with Gasteiger partial charge >= 0.3 is 6.36 Å². The van der Waals surface area contributed by atoms with E-state index in [-0.39, 0.29) is 17.8 Å². The molecule has 0 saturated heterocycles. The number of halogens is 3. The van der Waals surface area contributed by atoms with Gasteiger partial charge in [-0.25, -0.2) is 0 Å². The molecule has 0 amide bonds. The molecule has 1 fully saturated rings. The van der Waals surface area contributed by atoms with Gasteiger partial charge in [0.2, 0.25) is 0 Å². The number of anilines is 2. The molecule has 2 N–H and O–H groups in total. The topological polar surface area (TPSA) is 45.6 Å². The third kappa shape index (κ3) is 3.93. The highest BCUT2D eigenvalue weighted by atomic mass is 19.4. The zero-order valence-corrected chi connectivity index (χ0v) is 15.4. The number of para-hydroxylation sites is 3. The van der Waals surface area contributed by atoms with E-state index in [1.165, 1.54) is 18.6 Å². The van der Waals surface area contributed by atoms with Crippen molar-refractivity contribution >= 4 is 17.2 Å². The molecule has 28 heavy (non-hydrogen) atoms. The van der Waals surface area contributed by atoms with Crippen LogP contribution in [0.5, 0.6) is 5.75 Å². The zero-order valence-electron chi connectivity index (χ0n) is 15.4. The van der Waals surface area contributed by atoms with Crippen LogP contribution in [0.4, 0.5) is 24.5 Å². The lowest BCUT2D eigenvalue weighted by atomic mass is 9.79. The second-order valence-electron chi connectivity index (χ2n) is 7.26. The van der Waals surface area contributed by atoms with Gasteiger partial charge in [-0.1, -0.05) is 49.6 Å². The van der Waals surface area contributed by atoms with Gasteiger partial charge in [0.05, 0.1) is 23.5 Å². The molecule has 1 aliphatic carbocycles. The second-order valence-corrected chi connectivity index (χ2v) is 7.26. The van der Waals surface area contributed by atoms with E-state index < -0.39 is 6.36 Å². The number of nitrogens with zero attached hydrogens (tertiary/aromatic N) is 1. The summed E-state index contributed by atoms with van der Waals surface area (Å²) in [6, 6.07) is 14.1. The van der Waals surface area contributed by atoms with Crippen LogP contribution in [0, 0.1) is 0 Å². The number of benzene rings is 2. The Morgan fingerprint density at radius 1 is 0.929 bits per heavy atom. The quantitative estimate of drug-likeness (QED) is 0.705. The largest absolute Gasteiger partial charge is 0.573 e. The van der Waals surface area contributed by atoms with E-state index in [1.807, 2.05) is 24.3 Å². The number of rotatable bonds is 3. The van der Waals surface area contributed by atoms with Crippen LogP contribution in [0.15, 0.2) is 53.5 Å². The summed E-state index contributed by atoms with van der Waals surface area (Å²) in [5, 5.41) is 7.07. The van der Waals surface area contributed by atoms with E-state index in [2.05, 4.69) is 15.4 Å². The number of hydrogen-bond donors (Lipinski definition) is 2. The van der Waals surface area contributed by atoms with Gasteiger partial charge < -0.3 is 15.4 Å². The third-order valence-electron chi connectivity index (χ3n) is 5.32. The molecular weight excluding hydrogens is 367 g/mol. The van der Waals surface area contributed by atoms with Gasteiger partial charge in [0, 0.05) is 5.56 Å². The van der Waals surface area contributed by atoms with E-state index in [4.69, 9.17) is 4.99 Å². The molecule has 1 spiro atoms. The summed E-state index contributed by atoms with van der Waals surface area (Å²) in [7, 11) is 0. The smallest absolute Gasteiger partial charge is 0.405 e. The van der Waals surface area contributed by atoms with Crippen molar-refractivity contribution in [3.05, 3.63) is 54.1 Å². The Morgan fingerprint density at radius 3 is 2.36 bits per heavy atom. The van der Waals surface area contributed by atoms with Crippen LogP contribution in [-0.4, -0.2) is 17.7 Å². The SMILES string of the molecule is FC(F)(F)Oc1ccccc1CN=C1Nc2ccccc2NC12CCCCC2. The lowest BCUT2D eigenvalue weighted by Crippen LogP contribution is -2.53. The molecule has 1 aliphatic heterocycles. The molecule has 2 aromatic rings. The number of ether oxygens (including phenoxy) is 1. The molecule has 7 heteroatoms. The van der Waals surface area contributed by atoms with Crippen LogP contribution < -0.4 is 15.4 Å². The minimum Gasteiger partial charge on any atom is -0.405 e. The summed E-state index contributed by atoms with van der Waals surface area (Å²) in [6.45, 7) is 0.111. The van der Waals surface area contributed by atoms with Crippen molar-refractivity contribution in [2.24, 2.45) is 4.99 Å². The fraction of sp³-hybridized carbons (Fsp3) is 0.381. The summed E-state index contributed by atoms with van der Waals surface area (Å²) in [5.41, 5.74) is 2.06. The van der Waals surface area contributed by atoms with Crippen molar-refractivity contribution in [1.82, 2.24) is 0 Å². The molecule has 2 aromatic carbocycles. The molecule has 4 rings (SSSR count). The summed E-state index contributed by atoms with van der Waals surface area (Å²) in [6.07, 6.45) is 0.507. The highest BCUT2D eigenvalue weighted by Gasteiger charge is 2.40. The molecule has 1 saturated carbocycles. The summed E-state index contributed by atoms with van der Waals surface area (Å²) < 4.78 is 42.2.